The summed E-state index contributed by atoms with van der Waals surface area (Å²) in [7, 11) is 3.49. The molecule has 0 radical (unpaired) electrons. The van der Waals surface area contributed by atoms with E-state index >= 15 is 0 Å². The highest BCUT2D eigenvalue weighted by Gasteiger charge is 2.32. The number of hydrogen-bond acceptors (Lipinski definition) is 2. The number of carbonyl (C=O) groups excluding carboxylic acids is 1. The highest BCUT2D eigenvalue weighted by Crippen LogP contribution is 2.27. The molecule has 2 rings (SSSR count). The Labute approximate surface area is 132 Å². The fraction of sp³-hybridized carbons (Fsp3) is 0.316. The molecule has 0 fully saturated rings. The number of rotatable bonds is 5. The van der Waals surface area contributed by atoms with Gasteiger partial charge in [0.15, 0.2) is 0 Å². The van der Waals surface area contributed by atoms with Gasteiger partial charge >= 0.3 is 0 Å². The van der Waals surface area contributed by atoms with E-state index < -0.39 is 5.41 Å². The highest BCUT2D eigenvalue weighted by atomic mass is 16.5. The van der Waals surface area contributed by atoms with E-state index in [0.717, 1.165) is 16.9 Å². The standard InChI is InChI=1S/C19H23NO2/c1-19(2,16-10-12-17(22-4)13-11-16)18(21)20(3)14-15-8-6-5-7-9-15/h5-13H,14H2,1-4H3. The molecule has 3 heteroatoms. The topological polar surface area (TPSA) is 29.5 Å². The Morgan fingerprint density at radius 3 is 2.18 bits per heavy atom. The number of ether oxygens (including phenoxy) is 1. The Balaban J connectivity index is 2.14. The lowest BCUT2D eigenvalue weighted by Crippen LogP contribution is -2.40. The lowest BCUT2D eigenvalue weighted by Gasteiger charge is -2.30. The van der Waals surface area contributed by atoms with Crippen LogP contribution in [0.2, 0.25) is 0 Å². The normalized spacial score (nSPS) is 11.1. The first kappa shape index (κ1) is 16.1. The molecule has 0 heterocycles. The van der Waals surface area contributed by atoms with Gasteiger partial charge in [-0.25, -0.2) is 0 Å². The van der Waals surface area contributed by atoms with Crippen LogP contribution in [-0.4, -0.2) is 25.0 Å². The van der Waals surface area contributed by atoms with Crippen LogP contribution >= 0.6 is 0 Å². The molecular weight excluding hydrogens is 274 g/mol. The number of likely N-dealkylation sites (N-methyl/N-ethyl adjacent to an activating group) is 1. The van der Waals surface area contributed by atoms with Crippen LogP contribution in [0.4, 0.5) is 0 Å². The van der Waals surface area contributed by atoms with E-state index in [9.17, 15) is 4.79 Å². The molecule has 2 aromatic carbocycles. The van der Waals surface area contributed by atoms with Gasteiger partial charge in [0.05, 0.1) is 12.5 Å². The molecule has 0 bridgehead atoms. The van der Waals surface area contributed by atoms with Crippen molar-refractivity contribution in [2.75, 3.05) is 14.2 Å². The number of carbonyl (C=O) groups is 1. The van der Waals surface area contributed by atoms with Gasteiger partial charge in [0.1, 0.15) is 5.75 Å². The van der Waals surface area contributed by atoms with Gasteiger partial charge in [0.2, 0.25) is 5.91 Å². The van der Waals surface area contributed by atoms with Crippen LogP contribution in [0.5, 0.6) is 5.75 Å². The smallest absolute Gasteiger partial charge is 0.232 e. The molecule has 0 saturated carbocycles. The Morgan fingerprint density at radius 2 is 1.64 bits per heavy atom. The van der Waals surface area contributed by atoms with E-state index in [0.29, 0.717) is 6.54 Å². The third-order valence-electron chi connectivity index (χ3n) is 3.96. The van der Waals surface area contributed by atoms with Crippen molar-refractivity contribution >= 4 is 5.91 Å². The lowest BCUT2D eigenvalue weighted by molar-refractivity contribution is -0.135. The second kappa shape index (κ2) is 6.65. The minimum atomic E-state index is -0.574. The molecule has 116 valence electrons. The van der Waals surface area contributed by atoms with E-state index in [2.05, 4.69) is 0 Å². The van der Waals surface area contributed by atoms with Crippen LogP contribution in [0.1, 0.15) is 25.0 Å². The molecule has 0 aliphatic heterocycles. The average molecular weight is 297 g/mol. The maximum Gasteiger partial charge on any atom is 0.232 e. The number of methoxy groups -OCH3 is 1. The maximum absolute atomic E-state index is 12.8. The van der Waals surface area contributed by atoms with Gasteiger partial charge in [-0.05, 0) is 37.1 Å². The molecule has 0 atom stereocenters. The second-order valence-electron chi connectivity index (χ2n) is 6.00. The van der Waals surface area contributed by atoms with Crippen molar-refractivity contribution in [1.82, 2.24) is 4.90 Å². The first-order valence-electron chi connectivity index (χ1n) is 7.39. The van der Waals surface area contributed by atoms with Gasteiger partial charge in [-0.15, -0.1) is 0 Å². The lowest BCUT2D eigenvalue weighted by atomic mass is 9.83. The van der Waals surface area contributed by atoms with Gasteiger partial charge in [-0.2, -0.15) is 0 Å². The van der Waals surface area contributed by atoms with Crippen molar-refractivity contribution < 1.29 is 9.53 Å². The summed E-state index contributed by atoms with van der Waals surface area (Å²) < 4.78 is 5.17. The molecule has 2 aromatic rings. The molecule has 0 aliphatic carbocycles. The minimum absolute atomic E-state index is 0.0986. The quantitative estimate of drug-likeness (QED) is 0.843. The highest BCUT2D eigenvalue weighted by molar-refractivity contribution is 5.87. The van der Waals surface area contributed by atoms with Gasteiger partial charge in [-0.1, -0.05) is 42.5 Å². The Morgan fingerprint density at radius 1 is 1.05 bits per heavy atom. The van der Waals surface area contributed by atoms with E-state index in [-0.39, 0.29) is 5.91 Å². The molecule has 22 heavy (non-hydrogen) atoms. The summed E-state index contributed by atoms with van der Waals surface area (Å²) in [5, 5.41) is 0. The van der Waals surface area contributed by atoms with E-state index in [1.165, 1.54) is 0 Å². The van der Waals surface area contributed by atoms with Crippen LogP contribution < -0.4 is 4.74 Å². The molecule has 0 N–H and O–H groups in total. The van der Waals surface area contributed by atoms with Crippen molar-refractivity contribution in [3.63, 3.8) is 0 Å². The van der Waals surface area contributed by atoms with Crippen LogP contribution in [0.3, 0.4) is 0 Å². The monoisotopic (exact) mass is 297 g/mol. The summed E-state index contributed by atoms with van der Waals surface area (Å²) in [5.74, 6) is 0.895. The van der Waals surface area contributed by atoms with Gasteiger partial charge in [-0.3, -0.25) is 4.79 Å². The number of nitrogens with zero attached hydrogens (tertiary/aromatic N) is 1. The van der Waals surface area contributed by atoms with Crippen molar-refractivity contribution in [2.45, 2.75) is 25.8 Å². The predicted molar refractivity (Wildman–Crippen MR) is 88.9 cm³/mol. The first-order chi connectivity index (χ1) is 10.4. The van der Waals surface area contributed by atoms with Crippen LogP contribution in [0.15, 0.2) is 54.6 Å². The summed E-state index contributed by atoms with van der Waals surface area (Å²) in [6.45, 7) is 4.52. The molecule has 1 amide bonds. The summed E-state index contributed by atoms with van der Waals surface area (Å²) in [6.07, 6.45) is 0. The summed E-state index contributed by atoms with van der Waals surface area (Å²) in [4.78, 5) is 14.6. The molecular formula is C19H23NO2. The molecule has 0 aromatic heterocycles. The zero-order valence-electron chi connectivity index (χ0n) is 13.7. The molecule has 0 unspecified atom stereocenters. The Bertz CT molecular complexity index is 618. The Hall–Kier alpha value is -2.29. The molecule has 0 saturated heterocycles. The van der Waals surface area contributed by atoms with E-state index in [4.69, 9.17) is 4.74 Å². The van der Waals surface area contributed by atoms with Crippen LogP contribution in [-0.2, 0) is 16.8 Å². The SMILES string of the molecule is COc1ccc(C(C)(C)C(=O)N(C)Cc2ccccc2)cc1. The van der Waals surface area contributed by atoms with Crippen molar-refractivity contribution in [3.8, 4) is 5.75 Å². The first-order valence-corrected chi connectivity index (χ1v) is 7.39. The zero-order valence-corrected chi connectivity index (χ0v) is 13.7. The number of hydrogen-bond donors (Lipinski definition) is 0. The minimum Gasteiger partial charge on any atom is -0.497 e. The summed E-state index contributed by atoms with van der Waals surface area (Å²) >= 11 is 0. The average Bonchev–Trinajstić information content (AvgIpc) is 2.55. The van der Waals surface area contributed by atoms with Crippen LogP contribution in [0, 0.1) is 0 Å². The van der Waals surface area contributed by atoms with Gasteiger partial charge in [0, 0.05) is 13.6 Å². The van der Waals surface area contributed by atoms with Gasteiger partial charge < -0.3 is 9.64 Å². The second-order valence-corrected chi connectivity index (χ2v) is 6.00. The maximum atomic E-state index is 12.8. The van der Waals surface area contributed by atoms with Gasteiger partial charge in [0.25, 0.3) is 0 Å². The zero-order chi connectivity index (χ0) is 16.2. The van der Waals surface area contributed by atoms with Crippen molar-refractivity contribution in [1.29, 1.82) is 0 Å². The molecule has 0 aliphatic rings. The summed E-state index contributed by atoms with van der Waals surface area (Å²) in [5.41, 5.74) is 1.54. The number of amides is 1. The third kappa shape index (κ3) is 3.48. The van der Waals surface area contributed by atoms with E-state index in [1.807, 2.05) is 75.5 Å². The molecule has 3 nitrogen and oxygen atoms in total. The van der Waals surface area contributed by atoms with Crippen molar-refractivity contribution in [2.24, 2.45) is 0 Å². The fourth-order valence-electron chi connectivity index (χ4n) is 2.54. The van der Waals surface area contributed by atoms with E-state index in [1.54, 1.807) is 12.0 Å². The van der Waals surface area contributed by atoms with Crippen LogP contribution in [0.25, 0.3) is 0 Å². The Kier molecular flexibility index (Phi) is 4.86. The predicted octanol–water partition coefficient (Wildman–Crippen LogP) is 3.63. The van der Waals surface area contributed by atoms with Crippen molar-refractivity contribution in [3.05, 3.63) is 65.7 Å². The molecule has 0 spiro atoms. The third-order valence-corrected chi connectivity index (χ3v) is 3.96. The largest absolute Gasteiger partial charge is 0.497 e. The number of benzene rings is 2. The summed E-state index contributed by atoms with van der Waals surface area (Å²) in [6, 6.07) is 17.7. The fourth-order valence-corrected chi connectivity index (χ4v) is 2.54.